The topological polar surface area (TPSA) is 109 Å². The van der Waals surface area contributed by atoms with E-state index in [2.05, 4.69) is 77.2 Å². The number of benzene rings is 2. The number of aromatic nitrogens is 2. The van der Waals surface area contributed by atoms with E-state index >= 15 is 0 Å². The fourth-order valence-electron chi connectivity index (χ4n) is 6.54. The molecule has 3 aliphatic rings. The Morgan fingerprint density at radius 1 is 1.12 bits per heavy atom. The summed E-state index contributed by atoms with van der Waals surface area (Å²) in [6, 6.07) is 17.0. The van der Waals surface area contributed by atoms with Crippen LogP contribution in [0.25, 0.3) is 10.8 Å². The Kier molecular flexibility index (Phi) is 7.30. The van der Waals surface area contributed by atoms with Gasteiger partial charge in [0.05, 0.1) is 36.3 Å². The summed E-state index contributed by atoms with van der Waals surface area (Å²) in [4.78, 5) is 30.0. The number of fused-ring (bicyclic) bond motifs is 2. The molecule has 3 aliphatic heterocycles. The van der Waals surface area contributed by atoms with E-state index in [1.54, 1.807) is 0 Å². The van der Waals surface area contributed by atoms with Crippen molar-refractivity contribution in [1.82, 2.24) is 19.8 Å². The average Bonchev–Trinajstić information content (AvgIpc) is 3.32. The Balaban J connectivity index is 1.34. The maximum Gasteiger partial charge on any atom is 0.407 e. The molecule has 0 saturated carbocycles. The number of hydrogen-bond acceptors (Lipinski definition) is 8. The Bertz CT molecular complexity index is 1490. The molecule has 2 fully saturated rings. The lowest BCUT2D eigenvalue weighted by atomic mass is 10.0. The summed E-state index contributed by atoms with van der Waals surface area (Å²) >= 11 is 0. The monoisotopic (exact) mass is 555 g/mol. The maximum atomic E-state index is 11.8. The van der Waals surface area contributed by atoms with Gasteiger partial charge in [0.2, 0.25) is 0 Å². The largest absolute Gasteiger partial charge is 0.465 e. The number of amides is 1. The lowest BCUT2D eigenvalue weighted by Crippen LogP contribution is -2.55. The molecule has 0 aliphatic carbocycles. The minimum atomic E-state index is -0.988. The summed E-state index contributed by atoms with van der Waals surface area (Å²) in [5, 5.41) is 21.5. The molecule has 0 bridgehead atoms. The highest BCUT2D eigenvalue weighted by atomic mass is 16.5. The molecule has 41 heavy (non-hydrogen) atoms. The van der Waals surface area contributed by atoms with Crippen molar-refractivity contribution in [2.75, 3.05) is 56.2 Å². The van der Waals surface area contributed by atoms with Crippen molar-refractivity contribution in [3.63, 3.8) is 0 Å². The van der Waals surface area contributed by atoms with Gasteiger partial charge >= 0.3 is 12.1 Å². The van der Waals surface area contributed by atoms with Crippen LogP contribution in [0.4, 0.5) is 16.3 Å². The van der Waals surface area contributed by atoms with Crippen LogP contribution in [0.1, 0.15) is 37.4 Å². The van der Waals surface area contributed by atoms with Gasteiger partial charge < -0.3 is 24.5 Å². The van der Waals surface area contributed by atoms with Gasteiger partial charge in [-0.3, -0.25) is 4.90 Å². The predicted molar refractivity (Wildman–Crippen MR) is 157 cm³/mol. The molecular weight excluding hydrogens is 518 g/mol. The normalized spacial score (nSPS) is 23.0. The first-order valence-electron chi connectivity index (χ1n) is 14.4. The fourth-order valence-corrected chi connectivity index (χ4v) is 6.54. The molecule has 2 aromatic carbocycles. The van der Waals surface area contributed by atoms with Gasteiger partial charge in [-0.15, -0.1) is 0 Å². The molecule has 0 radical (unpaired) electrons. The number of rotatable bonds is 6. The van der Waals surface area contributed by atoms with Crippen molar-refractivity contribution in [3.05, 3.63) is 53.7 Å². The van der Waals surface area contributed by atoms with E-state index < -0.39 is 12.1 Å². The van der Waals surface area contributed by atoms with Crippen molar-refractivity contribution < 1.29 is 14.6 Å². The van der Waals surface area contributed by atoms with E-state index in [1.165, 1.54) is 21.4 Å². The summed E-state index contributed by atoms with van der Waals surface area (Å²) < 4.78 is 6.34. The van der Waals surface area contributed by atoms with Crippen molar-refractivity contribution in [2.45, 2.75) is 50.7 Å². The summed E-state index contributed by atoms with van der Waals surface area (Å²) in [6.45, 7) is 6.45. The summed E-state index contributed by atoms with van der Waals surface area (Å²) in [5.74, 6) is 0.806. The van der Waals surface area contributed by atoms with Crippen molar-refractivity contribution >= 4 is 28.4 Å². The Hall–Kier alpha value is -4.10. The smallest absolute Gasteiger partial charge is 0.407 e. The summed E-state index contributed by atoms with van der Waals surface area (Å²) in [7, 11) is 2.13. The number of nitrogens with zero attached hydrogens (tertiary/aromatic N) is 7. The molecule has 3 aromatic rings. The second-order valence-electron chi connectivity index (χ2n) is 11.7. The molecule has 4 heterocycles. The lowest BCUT2D eigenvalue weighted by Gasteiger charge is -2.41. The van der Waals surface area contributed by atoms with Gasteiger partial charge in [0, 0.05) is 42.8 Å². The van der Waals surface area contributed by atoms with Crippen LogP contribution in [0.3, 0.4) is 0 Å². The van der Waals surface area contributed by atoms with Crippen LogP contribution < -0.4 is 14.5 Å². The van der Waals surface area contributed by atoms with Crippen LogP contribution >= 0.6 is 0 Å². The van der Waals surface area contributed by atoms with Crippen LogP contribution in [0.5, 0.6) is 6.01 Å². The number of ether oxygens (including phenoxy) is 1. The molecule has 0 spiro atoms. The first kappa shape index (κ1) is 27.1. The van der Waals surface area contributed by atoms with E-state index in [0.717, 1.165) is 49.4 Å². The molecule has 1 amide bonds. The molecule has 10 nitrogen and oxygen atoms in total. The second kappa shape index (κ2) is 11.1. The molecule has 1 aromatic heterocycles. The highest BCUT2D eigenvalue weighted by Gasteiger charge is 2.36. The lowest BCUT2D eigenvalue weighted by molar-refractivity contribution is 0.107. The molecule has 10 heteroatoms. The van der Waals surface area contributed by atoms with Crippen molar-refractivity contribution in [2.24, 2.45) is 0 Å². The molecule has 2 saturated heterocycles. The van der Waals surface area contributed by atoms with Gasteiger partial charge in [0.1, 0.15) is 12.4 Å². The van der Waals surface area contributed by atoms with E-state index in [9.17, 15) is 15.2 Å². The number of piperazine rings is 1. The van der Waals surface area contributed by atoms with Gasteiger partial charge in [-0.1, -0.05) is 36.4 Å². The summed E-state index contributed by atoms with van der Waals surface area (Å²) in [6.07, 6.45) is 2.11. The number of hydrogen-bond donors (Lipinski definition) is 1. The highest BCUT2D eigenvalue weighted by Crippen LogP contribution is 2.35. The molecular formula is C31H37N7O3. The SMILES string of the molecule is CN1CCCC1(C)COc1nc2c(c(N3CCN(C(=O)O)C(CC#N)C3)n1)CCN(c1cccc3ccccc13)C2. The Morgan fingerprint density at radius 3 is 2.73 bits per heavy atom. The Morgan fingerprint density at radius 2 is 1.95 bits per heavy atom. The first-order valence-corrected chi connectivity index (χ1v) is 14.4. The third-order valence-corrected chi connectivity index (χ3v) is 9.13. The molecule has 2 unspecified atom stereocenters. The standard InChI is InChI=1S/C31H37N7O3/c1-31(13-6-15-35(31)2)21-41-29-33-26-20-36(27-10-5-8-22-7-3-4-9-24(22)27)16-12-25(26)28(34-29)37-17-18-38(30(39)40)23(19-37)11-14-32/h3-5,7-10,23H,6,11-13,15-21H2,1-2H3,(H,39,40). The Labute approximate surface area is 240 Å². The summed E-state index contributed by atoms with van der Waals surface area (Å²) in [5.41, 5.74) is 3.13. The number of nitriles is 1. The van der Waals surface area contributed by atoms with Gasteiger partial charge in [-0.25, -0.2) is 4.79 Å². The van der Waals surface area contributed by atoms with E-state index in [0.29, 0.717) is 38.8 Å². The number of likely N-dealkylation sites (tertiary alicyclic amines) is 1. The zero-order valence-electron chi connectivity index (χ0n) is 23.8. The third-order valence-electron chi connectivity index (χ3n) is 9.13. The van der Waals surface area contributed by atoms with Gasteiger partial charge in [-0.2, -0.15) is 15.2 Å². The number of anilines is 2. The molecule has 1 N–H and O–H groups in total. The third kappa shape index (κ3) is 5.22. The predicted octanol–water partition coefficient (Wildman–Crippen LogP) is 4.14. The van der Waals surface area contributed by atoms with Crippen LogP contribution in [-0.4, -0.2) is 88.9 Å². The van der Waals surface area contributed by atoms with Crippen LogP contribution in [0, 0.1) is 11.3 Å². The van der Waals surface area contributed by atoms with Crippen molar-refractivity contribution in [3.8, 4) is 12.1 Å². The minimum Gasteiger partial charge on any atom is -0.465 e. The van der Waals surface area contributed by atoms with E-state index in [1.807, 2.05) is 0 Å². The zero-order chi connectivity index (χ0) is 28.6. The molecule has 6 rings (SSSR count). The highest BCUT2D eigenvalue weighted by molar-refractivity contribution is 5.94. The zero-order valence-corrected chi connectivity index (χ0v) is 23.8. The van der Waals surface area contributed by atoms with Crippen LogP contribution in [0.2, 0.25) is 0 Å². The minimum absolute atomic E-state index is 0.0700. The van der Waals surface area contributed by atoms with Crippen LogP contribution in [-0.2, 0) is 13.0 Å². The van der Waals surface area contributed by atoms with E-state index in [4.69, 9.17) is 14.7 Å². The molecule has 214 valence electrons. The second-order valence-corrected chi connectivity index (χ2v) is 11.7. The van der Waals surface area contributed by atoms with Gasteiger partial charge in [-0.05, 0) is 51.2 Å². The maximum absolute atomic E-state index is 11.8. The van der Waals surface area contributed by atoms with Gasteiger partial charge in [0.15, 0.2) is 0 Å². The quantitative estimate of drug-likeness (QED) is 0.480. The number of likely N-dealkylation sites (N-methyl/N-ethyl adjacent to an activating group) is 1. The number of carbonyl (C=O) groups is 1. The molecule has 2 atom stereocenters. The van der Waals surface area contributed by atoms with Gasteiger partial charge in [0.25, 0.3) is 0 Å². The number of carboxylic acid groups (broad SMARTS) is 1. The van der Waals surface area contributed by atoms with Crippen molar-refractivity contribution in [1.29, 1.82) is 5.26 Å². The first-order chi connectivity index (χ1) is 19.9. The van der Waals surface area contributed by atoms with Crippen LogP contribution in [0.15, 0.2) is 42.5 Å². The fraction of sp³-hybridized carbons (Fsp3) is 0.484. The average molecular weight is 556 g/mol. The van der Waals surface area contributed by atoms with E-state index in [-0.39, 0.29) is 12.0 Å².